The normalized spacial score (nSPS) is 11.2. The largest absolute Gasteiger partial charge is 0.337 e. The highest BCUT2D eigenvalue weighted by atomic mass is 15.1. The van der Waals surface area contributed by atoms with Crippen LogP contribution in [0.2, 0.25) is 0 Å². The number of pyridine rings is 1. The highest BCUT2D eigenvalue weighted by molar-refractivity contribution is 5.80. The lowest BCUT2D eigenvalue weighted by Crippen LogP contribution is -2.05. The summed E-state index contributed by atoms with van der Waals surface area (Å²) in [6, 6.07) is 3.99. The van der Waals surface area contributed by atoms with E-state index in [2.05, 4.69) is 26.8 Å². The van der Waals surface area contributed by atoms with Crippen LogP contribution in [0.5, 0.6) is 0 Å². The molecule has 18 heavy (non-hydrogen) atoms. The van der Waals surface area contributed by atoms with Gasteiger partial charge in [0.25, 0.3) is 0 Å². The van der Waals surface area contributed by atoms with Gasteiger partial charge in [0.2, 0.25) is 0 Å². The van der Waals surface area contributed by atoms with Crippen molar-refractivity contribution in [2.24, 2.45) is 12.8 Å². The fourth-order valence-electron chi connectivity index (χ4n) is 2.18. The van der Waals surface area contributed by atoms with Crippen molar-refractivity contribution in [3.05, 3.63) is 48.3 Å². The topological polar surface area (TPSA) is 61.7 Å². The molecule has 0 amide bonds. The highest BCUT2D eigenvalue weighted by Gasteiger charge is 2.09. The number of imidazole rings is 1. The van der Waals surface area contributed by atoms with Gasteiger partial charge in [-0.15, -0.1) is 0 Å². The van der Waals surface area contributed by atoms with Gasteiger partial charge in [-0.2, -0.15) is 0 Å². The van der Waals surface area contributed by atoms with E-state index < -0.39 is 0 Å². The summed E-state index contributed by atoms with van der Waals surface area (Å²) in [5, 5.41) is 1.12. The van der Waals surface area contributed by atoms with Gasteiger partial charge in [-0.25, -0.2) is 9.97 Å². The Morgan fingerprint density at radius 3 is 2.89 bits per heavy atom. The summed E-state index contributed by atoms with van der Waals surface area (Å²) < 4.78 is 4.11. The van der Waals surface area contributed by atoms with Crippen LogP contribution in [-0.4, -0.2) is 19.1 Å². The van der Waals surface area contributed by atoms with E-state index in [-0.39, 0.29) is 0 Å². The third-order valence-corrected chi connectivity index (χ3v) is 3.17. The summed E-state index contributed by atoms with van der Waals surface area (Å²) in [5.41, 5.74) is 7.85. The Bertz CT molecular complexity index is 680. The lowest BCUT2D eigenvalue weighted by molar-refractivity contribution is 0.711. The molecule has 3 rings (SSSR count). The number of hydrogen-bond acceptors (Lipinski definition) is 3. The molecule has 92 valence electrons. The van der Waals surface area contributed by atoms with Crippen LogP contribution in [0, 0.1) is 0 Å². The molecular formula is C13H15N5. The van der Waals surface area contributed by atoms with Crippen molar-refractivity contribution in [1.29, 1.82) is 0 Å². The summed E-state index contributed by atoms with van der Waals surface area (Å²) in [6.07, 6.45) is 7.61. The zero-order valence-electron chi connectivity index (χ0n) is 10.2. The van der Waals surface area contributed by atoms with E-state index in [0.29, 0.717) is 13.1 Å². The fraction of sp³-hybridized carbons (Fsp3) is 0.231. The van der Waals surface area contributed by atoms with Gasteiger partial charge in [0.05, 0.1) is 6.54 Å². The summed E-state index contributed by atoms with van der Waals surface area (Å²) >= 11 is 0. The van der Waals surface area contributed by atoms with E-state index >= 15 is 0 Å². The summed E-state index contributed by atoms with van der Waals surface area (Å²) in [6.45, 7) is 1.23. The molecule has 0 saturated heterocycles. The Morgan fingerprint density at radius 1 is 1.28 bits per heavy atom. The summed E-state index contributed by atoms with van der Waals surface area (Å²) in [5.74, 6) is 1.00. The van der Waals surface area contributed by atoms with E-state index in [0.717, 1.165) is 22.4 Å². The average Bonchev–Trinajstić information content (AvgIpc) is 2.95. The zero-order chi connectivity index (χ0) is 12.5. The Kier molecular flexibility index (Phi) is 2.60. The Balaban J connectivity index is 2.09. The van der Waals surface area contributed by atoms with Crippen molar-refractivity contribution in [2.75, 3.05) is 0 Å². The van der Waals surface area contributed by atoms with Gasteiger partial charge in [0.15, 0.2) is 0 Å². The second-order valence-corrected chi connectivity index (χ2v) is 4.32. The molecule has 0 fully saturated rings. The molecule has 3 aromatic heterocycles. The molecule has 0 aliphatic heterocycles. The predicted octanol–water partition coefficient (Wildman–Crippen LogP) is 1.28. The van der Waals surface area contributed by atoms with Crippen molar-refractivity contribution in [2.45, 2.75) is 13.1 Å². The van der Waals surface area contributed by atoms with Crippen molar-refractivity contribution >= 4 is 11.0 Å². The Morgan fingerprint density at radius 2 is 2.17 bits per heavy atom. The summed E-state index contributed by atoms with van der Waals surface area (Å²) in [7, 11) is 1.99. The molecule has 0 spiro atoms. The van der Waals surface area contributed by atoms with Gasteiger partial charge >= 0.3 is 0 Å². The fourth-order valence-corrected chi connectivity index (χ4v) is 2.18. The maximum Gasteiger partial charge on any atom is 0.140 e. The number of nitrogens with two attached hydrogens (primary N) is 1. The van der Waals surface area contributed by atoms with Crippen molar-refractivity contribution < 1.29 is 0 Å². The zero-order valence-corrected chi connectivity index (χ0v) is 10.2. The molecule has 0 saturated carbocycles. The second-order valence-electron chi connectivity index (χ2n) is 4.32. The van der Waals surface area contributed by atoms with Crippen LogP contribution in [0.25, 0.3) is 11.0 Å². The molecule has 0 radical (unpaired) electrons. The first kappa shape index (κ1) is 11.0. The SMILES string of the molecule is Cn1ccnc1Cn1cc(CN)c2cccnc21. The van der Waals surface area contributed by atoms with E-state index in [1.54, 1.807) is 12.4 Å². The number of hydrogen-bond donors (Lipinski definition) is 1. The van der Waals surface area contributed by atoms with E-state index in [4.69, 9.17) is 5.73 Å². The molecule has 5 heteroatoms. The van der Waals surface area contributed by atoms with E-state index in [9.17, 15) is 0 Å². The second kappa shape index (κ2) is 4.27. The molecule has 5 nitrogen and oxygen atoms in total. The molecule has 3 aromatic rings. The van der Waals surface area contributed by atoms with Crippen LogP contribution < -0.4 is 5.73 Å². The van der Waals surface area contributed by atoms with Crippen molar-refractivity contribution in [3.8, 4) is 0 Å². The van der Waals surface area contributed by atoms with E-state index in [1.165, 1.54) is 0 Å². The third-order valence-electron chi connectivity index (χ3n) is 3.17. The maximum atomic E-state index is 5.77. The van der Waals surface area contributed by atoms with Crippen LogP contribution in [0.4, 0.5) is 0 Å². The third kappa shape index (κ3) is 1.69. The van der Waals surface area contributed by atoms with Gasteiger partial charge in [-0.05, 0) is 17.7 Å². The Labute approximate surface area is 105 Å². The molecule has 0 unspecified atom stereocenters. The number of aromatic nitrogens is 4. The van der Waals surface area contributed by atoms with Crippen LogP contribution >= 0.6 is 0 Å². The van der Waals surface area contributed by atoms with Crippen LogP contribution in [0.15, 0.2) is 36.9 Å². The van der Waals surface area contributed by atoms with Gasteiger partial charge in [-0.3, -0.25) is 0 Å². The molecule has 2 N–H and O–H groups in total. The van der Waals surface area contributed by atoms with Crippen molar-refractivity contribution in [1.82, 2.24) is 19.1 Å². The molecule has 0 aromatic carbocycles. The average molecular weight is 241 g/mol. The number of aryl methyl sites for hydroxylation is 1. The minimum Gasteiger partial charge on any atom is -0.337 e. The van der Waals surface area contributed by atoms with Gasteiger partial charge in [0, 0.05) is 43.8 Å². The first-order valence-electron chi connectivity index (χ1n) is 5.88. The summed E-state index contributed by atoms with van der Waals surface area (Å²) in [4.78, 5) is 8.77. The predicted molar refractivity (Wildman–Crippen MR) is 69.9 cm³/mol. The van der Waals surface area contributed by atoms with Gasteiger partial charge in [-0.1, -0.05) is 0 Å². The maximum absolute atomic E-state index is 5.77. The minimum atomic E-state index is 0.524. The van der Waals surface area contributed by atoms with Crippen LogP contribution in [-0.2, 0) is 20.1 Å². The smallest absolute Gasteiger partial charge is 0.140 e. The first-order valence-corrected chi connectivity index (χ1v) is 5.88. The quantitative estimate of drug-likeness (QED) is 0.751. The van der Waals surface area contributed by atoms with Gasteiger partial charge < -0.3 is 14.9 Å². The lowest BCUT2D eigenvalue weighted by atomic mass is 10.2. The highest BCUT2D eigenvalue weighted by Crippen LogP contribution is 2.19. The van der Waals surface area contributed by atoms with E-state index in [1.807, 2.05) is 23.9 Å². The Hall–Kier alpha value is -2.14. The van der Waals surface area contributed by atoms with Crippen molar-refractivity contribution in [3.63, 3.8) is 0 Å². The standard InChI is InChI=1S/C13H15N5/c1-17-6-5-15-12(17)9-18-8-10(7-14)11-3-2-4-16-13(11)18/h2-6,8H,7,9,14H2,1H3. The minimum absolute atomic E-state index is 0.524. The van der Waals surface area contributed by atoms with Crippen LogP contribution in [0.1, 0.15) is 11.4 Å². The molecule has 0 aliphatic carbocycles. The molecule has 0 aliphatic rings. The number of nitrogens with zero attached hydrogens (tertiary/aromatic N) is 4. The number of fused-ring (bicyclic) bond motifs is 1. The molecular weight excluding hydrogens is 226 g/mol. The van der Waals surface area contributed by atoms with Crippen LogP contribution in [0.3, 0.4) is 0 Å². The number of rotatable bonds is 3. The lowest BCUT2D eigenvalue weighted by Gasteiger charge is -2.04. The molecule has 0 bridgehead atoms. The first-order chi connectivity index (χ1) is 8.79. The molecule has 3 heterocycles. The van der Waals surface area contributed by atoms with Gasteiger partial charge in [0.1, 0.15) is 11.5 Å². The monoisotopic (exact) mass is 241 g/mol. The molecule has 0 atom stereocenters.